The number of aryl methyl sites for hydroxylation is 1. The molecule has 1 N–H and O–H groups in total. The highest BCUT2D eigenvalue weighted by Gasteiger charge is 2.24. The summed E-state index contributed by atoms with van der Waals surface area (Å²) in [6, 6.07) is 2.27. The van der Waals surface area contributed by atoms with E-state index < -0.39 is 0 Å². The predicted octanol–water partition coefficient (Wildman–Crippen LogP) is 3.09. The van der Waals surface area contributed by atoms with Crippen LogP contribution in [0.2, 0.25) is 0 Å². The van der Waals surface area contributed by atoms with Gasteiger partial charge in [-0.2, -0.15) is 0 Å². The molecule has 0 amide bonds. The Morgan fingerprint density at radius 3 is 3.13 bits per heavy atom. The van der Waals surface area contributed by atoms with Crippen LogP contribution in [0, 0.1) is 6.92 Å². The van der Waals surface area contributed by atoms with Crippen molar-refractivity contribution in [2.75, 3.05) is 13.6 Å². The number of aromatic nitrogens is 1. The van der Waals surface area contributed by atoms with Crippen LogP contribution in [-0.2, 0) is 6.54 Å². The second kappa shape index (κ2) is 3.09. The molecule has 2 aromatic rings. The van der Waals surface area contributed by atoms with Gasteiger partial charge in [-0.25, -0.2) is 0 Å². The van der Waals surface area contributed by atoms with Crippen molar-refractivity contribution in [3.8, 4) is 0 Å². The van der Waals surface area contributed by atoms with E-state index in [-0.39, 0.29) is 0 Å². The number of fused-ring (bicyclic) bond motifs is 3. The number of thiophene rings is 1. The Labute approximate surface area is 93.9 Å². The van der Waals surface area contributed by atoms with Gasteiger partial charge in [0.25, 0.3) is 0 Å². The van der Waals surface area contributed by atoms with E-state index in [9.17, 15) is 0 Å². The van der Waals surface area contributed by atoms with Crippen LogP contribution in [0.15, 0.2) is 6.07 Å². The van der Waals surface area contributed by atoms with Crippen LogP contribution in [0.5, 0.6) is 0 Å². The number of likely N-dealkylation sites (N-methyl/N-ethyl adjacent to an activating group) is 1. The minimum absolute atomic E-state index is 0.638. The molecule has 0 saturated carbocycles. The maximum atomic E-state index is 3.59. The second-order valence-electron chi connectivity index (χ2n) is 4.71. The molecule has 0 spiro atoms. The van der Waals surface area contributed by atoms with Gasteiger partial charge in [-0.3, -0.25) is 0 Å². The van der Waals surface area contributed by atoms with Gasteiger partial charge in [0.05, 0.1) is 10.2 Å². The van der Waals surface area contributed by atoms with Gasteiger partial charge in [0.15, 0.2) is 0 Å². The highest BCUT2D eigenvalue weighted by atomic mass is 32.1. The lowest BCUT2D eigenvalue weighted by atomic mass is 9.99. The summed E-state index contributed by atoms with van der Waals surface area (Å²) < 4.78 is 1.47. The van der Waals surface area contributed by atoms with Crippen LogP contribution in [0.1, 0.15) is 29.0 Å². The Balaban J connectivity index is 2.24. The van der Waals surface area contributed by atoms with Gasteiger partial charge in [0, 0.05) is 35.1 Å². The minimum atomic E-state index is 0.638. The summed E-state index contributed by atoms with van der Waals surface area (Å²) in [6.45, 7) is 6.75. The fraction of sp³-hybridized carbons (Fsp3) is 0.500. The molecule has 3 heterocycles. The fourth-order valence-corrected chi connectivity index (χ4v) is 3.66. The van der Waals surface area contributed by atoms with E-state index in [1.165, 1.54) is 32.9 Å². The molecule has 1 atom stereocenters. The summed E-state index contributed by atoms with van der Waals surface area (Å²) >= 11 is 1.92. The molecule has 0 fully saturated rings. The van der Waals surface area contributed by atoms with Crippen LogP contribution in [-0.4, -0.2) is 23.5 Å². The molecule has 0 radical (unpaired) electrons. The maximum Gasteiger partial charge on any atom is 0.0571 e. The van der Waals surface area contributed by atoms with Crippen molar-refractivity contribution in [3.63, 3.8) is 0 Å². The molecule has 0 bridgehead atoms. The average molecular weight is 220 g/mol. The molecular formula is C12H16N2S. The molecule has 1 aliphatic rings. The first-order chi connectivity index (χ1) is 7.15. The Kier molecular flexibility index (Phi) is 1.94. The van der Waals surface area contributed by atoms with Crippen molar-refractivity contribution >= 4 is 21.6 Å². The quantitative estimate of drug-likeness (QED) is 0.723. The van der Waals surface area contributed by atoms with Crippen molar-refractivity contribution in [3.05, 3.63) is 22.2 Å². The number of nitrogens with one attached hydrogen (secondary N) is 1. The molecule has 80 valence electrons. The molecule has 0 aliphatic carbocycles. The predicted molar refractivity (Wildman–Crippen MR) is 65.7 cm³/mol. The minimum Gasteiger partial charge on any atom is -0.357 e. The SMILES string of the molecule is Cc1cc2[nH]c3c(c2s1)CN(C)CC3C. The molecule has 2 nitrogen and oxygen atoms in total. The first kappa shape index (κ1) is 9.43. The molecule has 0 aromatic carbocycles. The van der Waals surface area contributed by atoms with E-state index in [1.54, 1.807) is 0 Å². The van der Waals surface area contributed by atoms with E-state index >= 15 is 0 Å². The van der Waals surface area contributed by atoms with Gasteiger partial charge >= 0.3 is 0 Å². The number of hydrogen-bond acceptors (Lipinski definition) is 2. The van der Waals surface area contributed by atoms with Gasteiger partial charge < -0.3 is 9.88 Å². The molecule has 2 aromatic heterocycles. The van der Waals surface area contributed by atoms with Crippen molar-refractivity contribution in [1.82, 2.24) is 9.88 Å². The number of rotatable bonds is 0. The first-order valence-electron chi connectivity index (χ1n) is 5.44. The van der Waals surface area contributed by atoms with Gasteiger partial charge in [0.2, 0.25) is 0 Å². The third kappa shape index (κ3) is 1.34. The molecule has 0 saturated heterocycles. The van der Waals surface area contributed by atoms with Crippen LogP contribution < -0.4 is 0 Å². The highest BCUT2D eigenvalue weighted by Crippen LogP contribution is 2.36. The molecule has 15 heavy (non-hydrogen) atoms. The van der Waals surface area contributed by atoms with Gasteiger partial charge in [-0.1, -0.05) is 6.92 Å². The molecule has 3 heteroatoms. The topological polar surface area (TPSA) is 19.0 Å². The van der Waals surface area contributed by atoms with Gasteiger partial charge in [-0.05, 0) is 20.0 Å². The largest absolute Gasteiger partial charge is 0.357 e. The zero-order valence-electron chi connectivity index (χ0n) is 9.42. The Morgan fingerprint density at radius 2 is 2.33 bits per heavy atom. The third-order valence-electron chi connectivity index (χ3n) is 3.23. The average Bonchev–Trinajstić information content (AvgIpc) is 2.63. The standard InChI is InChI=1S/C12H16N2S/c1-7-5-14(3)6-9-11(7)13-10-4-8(2)15-12(9)10/h4,7,13H,5-6H2,1-3H3. The molecule has 3 rings (SSSR count). The lowest BCUT2D eigenvalue weighted by Gasteiger charge is -2.27. The van der Waals surface area contributed by atoms with Crippen LogP contribution in [0.3, 0.4) is 0 Å². The summed E-state index contributed by atoms with van der Waals surface area (Å²) in [4.78, 5) is 7.41. The van der Waals surface area contributed by atoms with Crippen molar-refractivity contribution in [1.29, 1.82) is 0 Å². The summed E-state index contributed by atoms with van der Waals surface area (Å²) in [5.74, 6) is 0.638. The molecule has 1 unspecified atom stereocenters. The Morgan fingerprint density at radius 1 is 1.53 bits per heavy atom. The van der Waals surface area contributed by atoms with E-state index in [4.69, 9.17) is 0 Å². The van der Waals surface area contributed by atoms with Crippen molar-refractivity contribution in [2.24, 2.45) is 0 Å². The third-order valence-corrected chi connectivity index (χ3v) is 4.34. The monoisotopic (exact) mass is 220 g/mol. The Bertz CT molecular complexity index is 509. The smallest absolute Gasteiger partial charge is 0.0571 e. The molecular weight excluding hydrogens is 204 g/mol. The zero-order chi connectivity index (χ0) is 10.6. The first-order valence-corrected chi connectivity index (χ1v) is 6.26. The van der Waals surface area contributed by atoms with Crippen molar-refractivity contribution in [2.45, 2.75) is 26.3 Å². The van der Waals surface area contributed by atoms with Gasteiger partial charge in [-0.15, -0.1) is 11.3 Å². The Hall–Kier alpha value is -0.800. The summed E-state index contributed by atoms with van der Waals surface area (Å²) in [5, 5.41) is 0. The van der Waals surface area contributed by atoms with E-state index in [0.29, 0.717) is 5.92 Å². The lowest BCUT2D eigenvalue weighted by molar-refractivity contribution is 0.287. The molecule has 1 aliphatic heterocycles. The lowest BCUT2D eigenvalue weighted by Crippen LogP contribution is -2.28. The van der Waals surface area contributed by atoms with E-state index in [1.807, 2.05) is 11.3 Å². The summed E-state index contributed by atoms with van der Waals surface area (Å²) in [5.41, 5.74) is 4.34. The zero-order valence-corrected chi connectivity index (χ0v) is 10.2. The van der Waals surface area contributed by atoms with E-state index in [2.05, 4.69) is 36.8 Å². The normalized spacial score (nSPS) is 22.2. The number of nitrogens with zero attached hydrogens (tertiary/aromatic N) is 1. The maximum absolute atomic E-state index is 3.59. The highest BCUT2D eigenvalue weighted by molar-refractivity contribution is 7.19. The summed E-state index contributed by atoms with van der Waals surface area (Å²) in [7, 11) is 2.21. The van der Waals surface area contributed by atoms with Crippen molar-refractivity contribution < 1.29 is 0 Å². The van der Waals surface area contributed by atoms with Crippen LogP contribution in [0.4, 0.5) is 0 Å². The van der Waals surface area contributed by atoms with E-state index in [0.717, 1.165) is 6.54 Å². The van der Waals surface area contributed by atoms with Gasteiger partial charge in [0.1, 0.15) is 0 Å². The number of hydrogen-bond donors (Lipinski definition) is 1. The van der Waals surface area contributed by atoms with Crippen LogP contribution >= 0.6 is 11.3 Å². The second-order valence-corrected chi connectivity index (χ2v) is 5.97. The number of aromatic amines is 1. The van der Waals surface area contributed by atoms with Crippen LogP contribution in [0.25, 0.3) is 10.2 Å². The number of H-pyrrole nitrogens is 1. The summed E-state index contributed by atoms with van der Waals surface area (Å²) in [6.07, 6.45) is 0. The fourth-order valence-electron chi connectivity index (χ4n) is 2.64.